The lowest BCUT2D eigenvalue weighted by Gasteiger charge is -2.33. The molecular formula is C19H25N5O3. The summed E-state index contributed by atoms with van der Waals surface area (Å²) in [5.41, 5.74) is 6.02. The van der Waals surface area contributed by atoms with Crippen molar-refractivity contribution in [3.8, 4) is 11.5 Å². The van der Waals surface area contributed by atoms with Crippen molar-refractivity contribution in [2.75, 3.05) is 38.3 Å². The van der Waals surface area contributed by atoms with Crippen molar-refractivity contribution < 1.29 is 14.3 Å². The first-order chi connectivity index (χ1) is 13.2. The molecule has 2 heterocycles. The van der Waals surface area contributed by atoms with E-state index >= 15 is 0 Å². The summed E-state index contributed by atoms with van der Waals surface area (Å²) in [6, 6.07) is 5.19. The third-order valence-corrected chi connectivity index (χ3v) is 4.43. The number of benzene rings is 1. The zero-order valence-electron chi connectivity index (χ0n) is 15.4. The van der Waals surface area contributed by atoms with Crippen LogP contribution < -0.4 is 25.4 Å². The van der Waals surface area contributed by atoms with E-state index in [0.29, 0.717) is 36.8 Å². The van der Waals surface area contributed by atoms with Gasteiger partial charge in [-0.2, -0.15) is 0 Å². The number of aromatic nitrogens is 2. The van der Waals surface area contributed by atoms with Crippen molar-refractivity contribution in [1.82, 2.24) is 15.3 Å². The van der Waals surface area contributed by atoms with Gasteiger partial charge in [0.25, 0.3) is 5.91 Å². The Bertz CT molecular complexity index is 756. The minimum atomic E-state index is -0.138. The maximum Gasteiger partial charge on any atom is 0.251 e. The maximum absolute atomic E-state index is 12.7. The third kappa shape index (κ3) is 4.85. The van der Waals surface area contributed by atoms with Crippen LogP contribution in [0.2, 0.25) is 0 Å². The predicted molar refractivity (Wildman–Crippen MR) is 102 cm³/mol. The van der Waals surface area contributed by atoms with Crippen molar-refractivity contribution in [2.24, 2.45) is 5.73 Å². The molecule has 8 heteroatoms. The fourth-order valence-corrected chi connectivity index (χ4v) is 3.13. The summed E-state index contributed by atoms with van der Waals surface area (Å²) in [7, 11) is 1.56. The zero-order valence-corrected chi connectivity index (χ0v) is 15.4. The molecule has 1 fully saturated rings. The molecule has 8 nitrogen and oxygen atoms in total. The van der Waals surface area contributed by atoms with Crippen LogP contribution in [0.4, 0.5) is 5.82 Å². The highest BCUT2D eigenvalue weighted by atomic mass is 16.5. The molecule has 0 radical (unpaired) electrons. The van der Waals surface area contributed by atoms with Crippen LogP contribution in [0.25, 0.3) is 0 Å². The van der Waals surface area contributed by atoms with Gasteiger partial charge in [-0.25, -0.2) is 4.98 Å². The Morgan fingerprint density at radius 2 is 2.26 bits per heavy atom. The summed E-state index contributed by atoms with van der Waals surface area (Å²) < 4.78 is 10.9. The van der Waals surface area contributed by atoms with Crippen LogP contribution in [-0.4, -0.2) is 55.3 Å². The van der Waals surface area contributed by atoms with E-state index in [9.17, 15) is 4.79 Å². The molecule has 1 aromatic heterocycles. The topological polar surface area (TPSA) is 103 Å². The number of nitrogens with one attached hydrogen (secondary N) is 1. The fraction of sp³-hybridized carbons (Fsp3) is 0.421. The van der Waals surface area contributed by atoms with E-state index in [-0.39, 0.29) is 11.9 Å². The van der Waals surface area contributed by atoms with Crippen molar-refractivity contribution in [3.63, 3.8) is 0 Å². The number of nitrogens with two attached hydrogens (primary N) is 1. The molecule has 0 spiro atoms. The molecule has 1 amide bonds. The number of methoxy groups -OCH3 is 1. The van der Waals surface area contributed by atoms with Crippen LogP contribution in [0, 0.1) is 0 Å². The second-order valence-electron chi connectivity index (χ2n) is 6.33. The van der Waals surface area contributed by atoms with Gasteiger partial charge in [0, 0.05) is 43.6 Å². The van der Waals surface area contributed by atoms with Crippen molar-refractivity contribution in [3.05, 3.63) is 42.4 Å². The molecule has 1 saturated heterocycles. The molecule has 144 valence electrons. The summed E-state index contributed by atoms with van der Waals surface area (Å²) in [6.07, 6.45) is 6.98. The van der Waals surface area contributed by atoms with E-state index in [1.165, 1.54) is 0 Å². The molecule has 1 aliphatic heterocycles. The Labute approximate surface area is 158 Å². The average molecular weight is 371 g/mol. The van der Waals surface area contributed by atoms with Crippen LogP contribution in [-0.2, 0) is 0 Å². The van der Waals surface area contributed by atoms with Crippen LogP contribution in [0.5, 0.6) is 11.5 Å². The smallest absolute Gasteiger partial charge is 0.251 e. The Balaban J connectivity index is 1.66. The molecule has 3 N–H and O–H groups in total. The lowest BCUT2D eigenvalue weighted by atomic mass is 10.0. The van der Waals surface area contributed by atoms with Crippen molar-refractivity contribution in [1.29, 1.82) is 0 Å². The molecule has 3 rings (SSSR count). The molecule has 0 bridgehead atoms. The monoisotopic (exact) mass is 371 g/mol. The largest absolute Gasteiger partial charge is 0.493 e. The highest BCUT2D eigenvalue weighted by Crippen LogP contribution is 2.28. The Hall–Kier alpha value is -2.87. The third-order valence-electron chi connectivity index (χ3n) is 4.43. The molecule has 1 atom stereocenters. The van der Waals surface area contributed by atoms with E-state index in [2.05, 4.69) is 20.2 Å². The number of carbonyl (C=O) groups is 1. The van der Waals surface area contributed by atoms with Gasteiger partial charge in [0.15, 0.2) is 11.5 Å². The number of hydrogen-bond donors (Lipinski definition) is 2. The summed E-state index contributed by atoms with van der Waals surface area (Å²) in [5.74, 6) is 1.78. The Morgan fingerprint density at radius 3 is 3.00 bits per heavy atom. The molecule has 27 heavy (non-hydrogen) atoms. The van der Waals surface area contributed by atoms with Gasteiger partial charge >= 0.3 is 0 Å². The first-order valence-corrected chi connectivity index (χ1v) is 9.04. The number of carbonyl (C=O) groups excluding carboxylic acids is 1. The number of anilines is 1. The molecule has 1 aliphatic rings. The molecule has 0 aliphatic carbocycles. The second kappa shape index (κ2) is 9.18. The average Bonchev–Trinajstić information content (AvgIpc) is 2.72. The Morgan fingerprint density at radius 1 is 1.37 bits per heavy atom. The Kier molecular flexibility index (Phi) is 6.43. The van der Waals surface area contributed by atoms with Crippen molar-refractivity contribution in [2.45, 2.75) is 18.9 Å². The predicted octanol–water partition coefficient (Wildman–Crippen LogP) is 1.22. The van der Waals surface area contributed by atoms with Gasteiger partial charge in [-0.05, 0) is 31.0 Å². The van der Waals surface area contributed by atoms with E-state index < -0.39 is 0 Å². The standard InChI is InChI=1S/C19H25N5O3/c1-26-16-5-4-14(11-17(16)27-10-6-20)19(25)23-15-3-2-9-24(13-15)18-12-21-7-8-22-18/h4-5,7-8,11-12,15H,2-3,6,9-10,13,20H2,1H3,(H,23,25). The molecule has 1 unspecified atom stereocenters. The minimum absolute atomic E-state index is 0.0452. The fourth-order valence-electron chi connectivity index (χ4n) is 3.13. The van der Waals surface area contributed by atoms with Gasteiger partial charge in [-0.15, -0.1) is 0 Å². The van der Waals surface area contributed by atoms with Crippen molar-refractivity contribution >= 4 is 11.7 Å². The van der Waals surface area contributed by atoms with Gasteiger partial charge in [0.2, 0.25) is 0 Å². The second-order valence-corrected chi connectivity index (χ2v) is 6.33. The summed E-state index contributed by atoms with van der Waals surface area (Å²) >= 11 is 0. The maximum atomic E-state index is 12.7. The summed E-state index contributed by atoms with van der Waals surface area (Å²) in [4.78, 5) is 23.3. The number of amides is 1. The number of piperidine rings is 1. The van der Waals surface area contributed by atoms with Crippen LogP contribution >= 0.6 is 0 Å². The van der Waals surface area contributed by atoms with Gasteiger partial charge < -0.3 is 25.4 Å². The van der Waals surface area contributed by atoms with Crippen LogP contribution in [0.3, 0.4) is 0 Å². The summed E-state index contributed by atoms with van der Waals surface area (Å²) in [5, 5.41) is 3.11. The van der Waals surface area contributed by atoms with Crippen LogP contribution in [0.15, 0.2) is 36.8 Å². The van der Waals surface area contributed by atoms with Gasteiger partial charge in [0.1, 0.15) is 12.4 Å². The number of ether oxygens (including phenoxy) is 2. The number of hydrogen-bond acceptors (Lipinski definition) is 7. The van der Waals surface area contributed by atoms with Gasteiger partial charge in [0.05, 0.1) is 13.3 Å². The number of rotatable bonds is 7. The SMILES string of the molecule is COc1ccc(C(=O)NC2CCCN(c3cnccn3)C2)cc1OCCN. The summed E-state index contributed by atoms with van der Waals surface area (Å²) in [6.45, 7) is 2.36. The van der Waals surface area contributed by atoms with E-state index in [1.807, 2.05) is 0 Å². The minimum Gasteiger partial charge on any atom is -0.493 e. The molecule has 0 saturated carbocycles. The normalized spacial score (nSPS) is 16.7. The quantitative estimate of drug-likeness (QED) is 0.754. The molecule has 1 aromatic carbocycles. The number of nitrogens with zero attached hydrogens (tertiary/aromatic N) is 3. The molecular weight excluding hydrogens is 346 g/mol. The lowest BCUT2D eigenvalue weighted by Crippen LogP contribution is -2.48. The van der Waals surface area contributed by atoms with E-state index in [1.54, 1.807) is 43.9 Å². The van der Waals surface area contributed by atoms with E-state index in [0.717, 1.165) is 25.2 Å². The first-order valence-electron chi connectivity index (χ1n) is 9.04. The van der Waals surface area contributed by atoms with E-state index in [4.69, 9.17) is 15.2 Å². The zero-order chi connectivity index (χ0) is 19.1. The molecule has 2 aromatic rings. The van der Waals surface area contributed by atoms with Crippen LogP contribution in [0.1, 0.15) is 23.2 Å². The van der Waals surface area contributed by atoms with Gasteiger partial charge in [-0.3, -0.25) is 9.78 Å². The highest BCUT2D eigenvalue weighted by Gasteiger charge is 2.23. The first kappa shape index (κ1) is 18.9. The van der Waals surface area contributed by atoms with Gasteiger partial charge in [-0.1, -0.05) is 0 Å². The highest BCUT2D eigenvalue weighted by molar-refractivity contribution is 5.95. The lowest BCUT2D eigenvalue weighted by molar-refractivity contribution is 0.0932.